The van der Waals surface area contributed by atoms with E-state index in [0.29, 0.717) is 0 Å². The van der Waals surface area contributed by atoms with E-state index >= 15 is 0 Å². The van der Waals surface area contributed by atoms with Crippen LogP contribution in [0.3, 0.4) is 0 Å². The highest BCUT2D eigenvalue weighted by molar-refractivity contribution is 5.94. The molecule has 2 nitrogen and oxygen atoms in total. The third kappa shape index (κ3) is 1.02. The van der Waals surface area contributed by atoms with Gasteiger partial charge < -0.3 is 4.90 Å². The number of rotatable bonds is 2. The van der Waals surface area contributed by atoms with Crippen LogP contribution in [0.1, 0.15) is 0 Å². The molecule has 0 spiro atoms. The third-order valence-electron chi connectivity index (χ3n) is 1.31. The second-order valence-corrected chi connectivity index (χ2v) is 1.82. The van der Waals surface area contributed by atoms with Gasteiger partial charge in [0.15, 0.2) is 0 Å². The van der Waals surface area contributed by atoms with Gasteiger partial charge >= 0.3 is 0 Å². The molecule has 0 aromatic rings. The molecule has 2 heteroatoms. The first-order valence-corrected chi connectivity index (χ1v) is 2.94. The van der Waals surface area contributed by atoms with Crippen LogP contribution in [0.25, 0.3) is 0 Å². The molecule has 0 unspecified atom stereocenters. The number of hydrogen-bond acceptors (Lipinski definition) is 2. The summed E-state index contributed by atoms with van der Waals surface area (Å²) in [5.41, 5.74) is 0. The molecule has 0 amide bonds. The van der Waals surface area contributed by atoms with Gasteiger partial charge in [-0.05, 0) is 12.3 Å². The van der Waals surface area contributed by atoms with Crippen LogP contribution in [0.5, 0.6) is 0 Å². The SMILES string of the molecule is C=CC1=NCCN1C=C. The first kappa shape index (κ1) is 6.08. The highest BCUT2D eigenvalue weighted by atomic mass is 15.2. The largest absolute Gasteiger partial charge is 0.332 e. The van der Waals surface area contributed by atoms with Crippen LogP contribution >= 0.6 is 0 Å². The minimum Gasteiger partial charge on any atom is -0.332 e. The highest BCUT2D eigenvalue weighted by Crippen LogP contribution is 2.01. The maximum absolute atomic E-state index is 4.16. The summed E-state index contributed by atoms with van der Waals surface area (Å²) in [5.74, 6) is 0.935. The third-order valence-corrected chi connectivity index (χ3v) is 1.31. The summed E-state index contributed by atoms with van der Waals surface area (Å²) in [7, 11) is 0. The predicted octanol–water partition coefficient (Wildman–Crippen LogP) is 1.03. The average Bonchev–Trinajstić information content (AvgIpc) is 2.33. The summed E-state index contributed by atoms with van der Waals surface area (Å²) in [5, 5.41) is 0. The van der Waals surface area contributed by atoms with Crippen LogP contribution in [-0.4, -0.2) is 23.8 Å². The van der Waals surface area contributed by atoms with Gasteiger partial charge in [0.2, 0.25) is 0 Å². The maximum atomic E-state index is 4.16. The van der Waals surface area contributed by atoms with E-state index in [0.717, 1.165) is 18.9 Å². The minimum atomic E-state index is 0.868. The Morgan fingerprint density at radius 1 is 1.56 bits per heavy atom. The molecule has 1 aliphatic heterocycles. The molecule has 0 aromatic heterocycles. The topological polar surface area (TPSA) is 15.6 Å². The zero-order valence-electron chi connectivity index (χ0n) is 5.38. The second-order valence-electron chi connectivity index (χ2n) is 1.82. The summed E-state index contributed by atoms with van der Waals surface area (Å²) in [6.45, 7) is 9.08. The van der Waals surface area contributed by atoms with Crippen molar-refractivity contribution >= 4 is 5.84 Å². The lowest BCUT2D eigenvalue weighted by molar-refractivity contribution is 0.616. The molecule has 0 saturated heterocycles. The Kier molecular flexibility index (Phi) is 1.68. The number of hydrogen-bond donors (Lipinski definition) is 0. The lowest BCUT2D eigenvalue weighted by atomic mass is 10.5. The Morgan fingerprint density at radius 3 is 2.78 bits per heavy atom. The lowest BCUT2D eigenvalue weighted by Crippen LogP contribution is -2.18. The number of aliphatic imine (C=N–C) groups is 1. The summed E-state index contributed by atoms with van der Waals surface area (Å²) in [4.78, 5) is 6.14. The second kappa shape index (κ2) is 2.49. The van der Waals surface area contributed by atoms with Crippen molar-refractivity contribution in [2.45, 2.75) is 0 Å². The molecule has 0 fully saturated rings. The smallest absolute Gasteiger partial charge is 0.126 e. The van der Waals surface area contributed by atoms with Crippen LogP contribution < -0.4 is 0 Å². The average molecular weight is 122 g/mol. The van der Waals surface area contributed by atoms with Gasteiger partial charge in [0.1, 0.15) is 5.84 Å². The first-order chi connectivity index (χ1) is 4.38. The number of amidine groups is 1. The molecule has 48 valence electrons. The Hall–Kier alpha value is -1.05. The van der Waals surface area contributed by atoms with E-state index in [-0.39, 0.29) is 0 Å². The highest BCUT2D eigenvalue weighted by Gasteiger charge is 2.08. The van der Waals surface area contributed by atoms with Gasteiger partial charge in [-0.2, -0.15) is 0 Å². The van der Waals surface area contributed by atoms with Crippen LogP contribution in [0.2, 0.25) is 0 Å². The molecular formula is C7H10N2. The Bertz CT molecular complexity index is 158. The van der Waals surface area contributed by atoms with Crippen molar-refractivity contribution < 1.29 is 0 Å². The van der Waals surface area contributed by atoms with Gasteiger partial charge in [-0.15, -0.1) is 0 Å². The molecular weight excluding hydrogens is 112 g/mol. The lowest BCUT2D eigenvalue weighted by Gasteiger charge is -2.09. The Balaban J connectivity index is 2.67. The van der Waals surface area contributed by atoms with Crippen molar-refractivity contribution in [3.8, 4) is 0 Å². The molecule has 0 aliphatic carbocycles. The Labute approximate surface area is 55.2 Å². The molecule has 0 bridgehead atoms. The van der Waals surface area contributed by atoms with Crippen LogP contribution in [-0.2, 0) is 0 Å². The van der Waals surface area contributed by atoms with Crippen molar-refractivity contribution in [1.82, 2.24) is 4.90 Å². The number of nitrogens with zero attached hydrogens (tertiary/aromatic N) is 2. The molecule has 0 radical (unpaired) electrons. The monoisotopic (exact) mass is 122 g/mol. The fourth-order valence-electron chi connectivity index (χ4n) is 0.844. The normalized spacial score (nSPS) is 17.3. The van der Waals surface area contributed by atoms with Crippen LogP contribution in [0, 0.1) is 0 Å². The van der Waals surface area contributed by atoms with E-state index in [1.54, 1.807) is 12.3 Å². The quantitative estimate of drug-likeness (QED) is 0.534. The van der Waals surface area contributed by atoms with Gasteiger partial charge in [0.05, 0.1) is 6.54 Å². The molecule has 0 saturated carbocycles. The van der Waals surface area contributed by atoms with E-state index in [2.05, 4.69) is 18.2 Å². The fourth-order valence-corrected chi connectivity index (χ4v) is 0.844. The van der Waals surface area contributed by atoms with E-state index in [9.17, 15) is 0 Å². The van der Waals surface area contributed by atoms with Crippen molar-refractivity contribution in [3.63, 3.8) is 0 Å². The standard InChI is InChI=1S/C7H10N2/c1-3-7-8-5-6-9(7)4-2/h3-4H,1-2,5-6H2. The minimum absolute atomic E-state index is 0.868. The van der Waals surface area contributed by atoms with Crippen LogP contribution in [0.4, 0.5) is 0 Å². The Morgan fingerprint density at radius 2 is 2.33 bits per heavy atom. The van der Waals surface area contributed by atoms with Crippen molar-refractivity contribution in [3.05, 3.63) is 25.4 Å². The van der Waals surface area contributed by atoms with Gasteiger partial charge in [0, 0.05) is 6.54 Å². The van der Waals surface area contributed by atoms with E-state index in [4.69, 9.17) is 0 Å². The van der Waals surface area contributed by atoms with Gasteiger partial charge in [-0.25, -0.2) is 0 Å². The summed E-state index contributed by atoms with van der Waals surface area (Å²) < 4.78 is 0. The van der Waals surface area contributed by atoms with E-state index in [1.807, 2.05) is 4.90 Å². The fraction of sp³-hybridized carbons (Fsp3) is 0.286. The van der Waals surface area contributed by atoms with Crippen molar-refractivity contribution in [1.29, 1.82) is 0 Å². The van der Waals surface area contributed by atoms with Crippen LogP contribution in [0.15, 0.2) is 30.4 Å². The summed E-state index contributed by atoms with van der Waals surface area (Å²) in [6.07, 6.45) is 3.52. The van der Waals surface area contributed by atoms with Gasteiger partial charge in [-0.3, -0.25) is 4.99 Å². The summed E-state index contributed by atoms with van der Waals surface area (Å²) >= 11 is 0. The molecule has 1 heterocycles. The van der Waals surface area contributed by atoms with Crippen molar-refractivity contribution in [2.24, 2.45) is 4.99 Å². The predicted molar refractivity (Wildman–Crippen MR) is 39.4 cm³/mol. The zero-order valence-corrected chi connectivity index (χ0v) is 5.38. The van der Waals surface area contributed by atoms with E-state index < -0.39 is 0 Å². The first-order valence-electron chi connectivity index (χ1n) is 2.94. The van der Waals surface area contributed by atoms with Gasteiger partial charge in [-0.1, -0.05) is 13.2 Å². The molecule has 1 aliphatic rings. The van der Waals surface area contributed by atoms with Crippen molar-refractivity contribution in [2.75, 3.05) is 13.1 Å². The van der Waals surface area contributed by atoms with E-state index in [1.165, 1.54) is 0 Å². The molecule has 1 rings (SSSR count). The molecule has 0 N–H and O–H groups in total. The molecule has 9 heavy (non-hydrogen) atoms. The zero-order chi connectivity index (χ0) is 6.69. The maximum Gasteiger partial charge on any atom is 0.126 e. The van der Waals surface area contributed by atoms with Gasteiger partial charge in [0.25, 0.3) is 0 Å². The summed E-state index contributed by atoms with van der Waals surface area (Å²) in [6, 6.07) is 0. The molecule has 0 aromatic carbocycles. The molecule has 0 atom stereocenters.